The van der Waals surface area contributed by atoms with Crippen LogP contribution in [0.4, 0.5) is 0 Å². The second-order valence-corrected chi connectivity index (χ2v) is 12.9. The number of ether oxygens (including phenoxy) is 1. The van der Waals surface area contributed by atoms with Gasteiger partial charge >= 0.3 is 5.97 Å². The lowest BCUT2D eigenvalue weighted by atomic mass is 9.46. The lowest BCUT2D eigenvalue weighted by Gasteiger charge is -2.60. The Balaban J connectivity index is 1.47. The summed E-state index contributed by atoms with van der Waals surface area (Å²) in [5.41, 5.74) is 3.36. The third-order valence-electron chi connectivity index (χ3n) is 10.8. The molecule has 3 saturated carbocycles. The van der Waals surface area contributed by atoms with Crippen molar-refractivity contribution < 1.29 is 9.53 Å². The SMILES string of the molecule is CC(C)=CCC(=O)O[C@H]1C[C@H]2[C@@H](CC=C3C[C@H](N(C)C)CC[C@]32C)[C@H]2CC[C@@H]3CN(C)C[C@@]312. The van der Waals surface area contributed by atoms with E-state index in [0.717, 1.165) is 18.9 Å². The number of nitrogens with zero attached hydrogens (tertiary/aromatic N) is 2. The first kappa shape index (κ1) is 23.6. The average Bonchev–Trinajstić information content (AvgIpc) is 3.26. The maximum absolute atomic E-state index is 13.0. The topological polar surface area (TPSA) is 32.8 Å². The summed E-state index contributed by atoms with van der Waals surface area (Å²) in [6.07, 6.45) is 14.0. The number of rotatable bonds is 4. The van der Waals surface area contributed by atoms with Crippen LogP contribution in [0.1, 0.15) is 72.1 Å². The zero-order chi connectivity index (χ0) is 23.5. The summed E-state index contributed by atoms with van der Waals surface area (Å²) in [6, 6.07) is 0.674. The summed E-state index contributed by atoms with van der Waals surface area (Å²) in [6.45, 7) is 8.98. The number of hydrogen-bond donors (Lipinski definition) is 0. The molecule has 33 heavy (non-hydrogen) atoms. The van der Waals surface area contributed by atoms with Crippen LogP contribution in [0.5, 0.6) is 0 Å². The van der Waals surface area contributed by atoms with Gasteiger partial charge < -0.3 is 14.5 Å². The molecule has 4 heteroatoms. The van der Waals surface area contributed by atoms with E-state index in [2.05, 4.69) is 57.8 Å². The van der Waals surface area contributed by atoms with Gasteiger partial charge in [0.15, 0.2) is 0 Å². The predicted octanol–water partition coefficient (Wildman–Crippen LogP) is 5.30. The molecule has 0 bridgehead atoms. The molecule has 4 fully saturated rings. The molecule has 0 radical (unpaired) electrons. The van der Waals surface area contributed by atoms with Gasteiger partial charge in [-0.3, -0.25) is 4.79 Å². The van der Waals surface area contributed by atoms with Gasteiger partial charge in [-0.15, -0.1) is 0 Å². The highest BCUT2D eigenvalue weighted by molar-refractivity contribution is 5.71. The van der Waals surface area contributed by atoms with E-state index in [9.17, 15) is 4.79 Å². The molecular formula is C29H46N2O2. The van der Waals surface area contributed by atoms with Crippen LogP contribution in [0.15, 0.2) is 23.3 Å². The van der Waals surface area contributed by atoms with E-state index < -0.39 is 0 Å². The third-order valence-corrected chi connectivity index (χ3v) is 10.8. The standard InChI is InChI=1S/C29H46N2O2/c1-19(2)7-12-27(32)33-26-16-25-23(24-11-9-21-17-31(6)18-29(21,24)26)10-8-20-15-22(30(4)5)13-14-28(20,25)3/h7-8,21-26H,9-18H2,1-6H3/t21-,22-,23+,24-,25+,26+,28-,29+/m1/s1. The number of carbonyl (C=O) groups is 1. The minimum absolute atomic E-state index is 0.0129. The Morgan fingerprint density at radius 2 is 2.03 bits per heavy atom. The van der Waals surface area contributed by atoms with Gasteiger partial charge in [0.05, 0.1) is 6.42 Å². The van der Waals surface area contributed by atoms with Gasteiger partial charge in [0, 0.05) is 24.5 Å². The Morgan fingerprint density at radius 1 is 1.24 bits per heavy atom. The number of carbonyl (C=O) groups excluding carboxylic acids is 1. The van der Waals surface area contributed by atoms with Gasteiger partial charge in [0.2, 0.25) is 0 Å². The van der Waals surface area contributed by atoms with Crippen molar-refractivity contribution in [2.45, 2.75) is 84.3 Å². The van der Waals surface area contributed by atoms with Crippen LogP contribution in [0.25, 0.3) is 0 Å². The first-order valence-electron chi connectivity index (χ1n) is 13.5. The molecule has 184 valence electrons. The Bertz CT molecular complexity index is 843. The molecule has 1 saturated heterocycles. The minimum Gasteiger partial charge on any atom is -0.461 e. The Hall–Kier alpha value is -1.13. The first-order chi connectivity index (χ1) is 15.6. The fourth-order valence-electron chi connectivity index (χ4n) is 9.15. The van der Waals surface area contributed by atoms with Crippen LogP contribution in [0.2, 0.25) is 0 Å². The highest BCUT2D eigenvalue weighted by atomic mass is 16.5. The van der Waals surface area contributed by atoms with E-state index in [1.807, 2.05) is 6.08 Å². The van der Waals surface area contributed by atoms with Gasteiger partial charge in [0.1, 0.15) is 6.10 Å². The van der Waals surface area contributed by atoms with Gasteiger partial charge in [-0.1, -0.05) is 30.2 Å². The van der Waals surface area contributed by atoms with E-state index in [4.69, 9.17) is 4.74 Å². The molecule has 1 spiro atoms. The van der Waals surface area contributed by atoms with Crippen molar-refractivity contribution in [3.05, 3.63) is 23.3 Å². The summed E-state index contributed by atoms with van der Waals surface area (Å²) in [5.74, 6) is 2.80. The normalized spacial score (nSPS) is 44.4. The second-order valence-electron chi connectivity index (χ2n) is 12.9. The molecule has 0 amide bonds. The van der Waals surface area contributed by atoms with Crippen molar-refractivity contribution >= 4 is 5.97 Å². The zero-order valence-corrected chi connectivity index (χ0v) is 21.9. The summed E-state index contributed by atoms with van der Waals surface area (Å²) >= 11 is 0. The molecule has 0 unspecified atom stereocenters. The highest BCUT2D eigenvalue weighted by Gasteiger charge is 2.67. The Labute approximate surface area is 201 Å². The van der Waals surface area contributed by atoms with Crippen LogP contribution in [0, 0.1) is 34.5 Å². The first-order valence-corrected chi connectivity index (χ1v) is 13.5. The molecule has 4 nitrogen and oxygen atoms in total. The summed E-state index contributed by atoms with van der Waals surface area (Å²) < 4.78 is 6.50. The van der Waals surface area contributed by atoms with E-state index >= 15 is 0 Å². The Kier molecular flexibility index (Phi) is 6.09. The van der Waals surface area contributed by atoms with Gasteiger partial charge in [-0.2, -0.15) is 0 Å². The molecule has 0 aromatic carbocycles. The van der Waals surface area contributed by atoms with Crippen molar-refractivity contribution in [2.24, 2.45) is 34.5 Å². The molecule has 1 aliphatic heterocycles. The third kappa shape index (κ3) is 3.75. The smallest absolute Gasteiger partial charge is 0.309 e. The van der Waals surface area contributed by atoms with Crippen LogP contribution < -0.4 is 0 Å². The Morgan fingerprint density at radius 3 is 2.76 bits per heavy atom. The fourth-order valence-corrected chi connectivity index (χ4v) is 9.15. The lowest BCUT2D eigenvalue weighted by Crippen LogP contribution is -2.59. The monoisotopic (exact) mass is 454 g/mol. The van der Waals surface area contributed by atoms with Crippen molar-refractivity contribution in [3.63, 3.8) is 0 Å². The van der Waals surface area contributed by atoms with Crippen molar-refractivity contribution in [2.75, 3.05) is 34.2 Å². The van der Waals surface area contributed by atoms with E-state index in [1.54, 1.807) is 5.57 Å². The maximum atomic E-state index is 13.0. The van der Waals surface area contributed by atoms with Crippen LogP contribution in [-0.4, -0.2) is 62.1 Å². The molecule has 0 aromatic rings. The molecule has 0 aromatic heterocycles. The van der Waals surface area contributed by atoms with Crippen molar-refractivity contribution in [1.82, 2.24) is 9.80 Å². The predicted molar refractivity (Wildman–Crippen MR) is 134 cm³/mol. The molecule has 0 N–H and O–H groups in total. The summed E-state index contributed by atoms with van der Waals surface area (Å²) in [4.78, 5) is 18.0. The number of fused-ring (bicyclic) bond motifs is 4. The van der Waals surface area contributed by atoms with Crippen LogP contribution in [0.3, 0.4) is 0 Å². The van der Waals surface area contributed by atoms with Gasteiger partial charge in [-0.05, 0) is 109 Å². The van der Waals surface area contributed by atoms with Crippen LogP contribution >= 0.6 is 0 Å². The number of likely N-dealkylation sites (tertiary alicyclic amines) is 1. The average molecular weight is 455 g/mol. The van der Waals surface area contributed by atoms with Crippen molar-refractivity contribution in [3.8, 4) is 0 Å². The van der Waals surface area contributed by atoms with Gasteiger partial charge in [0.25, 0.3) is 0 Å². The van der Waals surface area contributed by atoms with E-state index in [0.29, 0.717) is 30.2 Å². The number of hydrogen-bond acceptors (Lipinski definition) is 4. The van der Waals surface area contributed by atoms with E-state index in [-0.39, 0.29) is 22.9 Å². The largest absolute Gasteiger partial charge is 0.461 e. The minimum atomic E-state index is -0.0129. The quantitative estimate of drug-likeness (QED) is 0.426. The lowest BCUT2D eigenvalue weighted by molar-refractivity contribution is -0.177. The highest BCUT2D eigenvalue weighted by Crippen LogP contribution is 2.68. The zero-order valence-electron chi connectivity index (χ0n) is 21.9. The molecule has 4 aliphatic carbocycles. The maximum Gasteiger partial charge on any atom is 0.309 e. The fraction of sp³-hybridized carbons (Fsp3) is 0.828. The molecule has 5 rings (SSSR count). The molecule has 8 atom stereocenters. The van der Waals surface area contributed by atoms with Crippen LogP contribution in [-0.2, 0) is 9.53 Å². The number of esters is 1. The molecule has 5 aliphatic rings. The summed E-state index contributed by atoms with van der Waals surface area (Å²) in [7, 11) is 6.75. The van der Waals surface area contributed by atoms with E-state index in [1.165, 1.54) is 50.6 Å². The summed E-state index contributed by atoms with van der Waals surface area (Å²) in [5, 5.41) is 0. The van der Waals surface area contributed by atoms with Gasteiger partial charge in [-0.25, -0.2) is 0 Å². The molecule has 1 heterocycles. The van der Waals surface area contributed by atoms with Crippen molar-refractivity contribution in [1.29, 1.82) is 0 Å². The molecular weight excluding hydrogens is 408 g/mol. The number of allylic oxidation sites excluding steroid dienone is 2. The second kappa shape index (κ2) is 8.52.